The smallest absolute Gasteiger partial charge is 0.416 e. The van der Waals surface area contributed by atoms with Crippen LogP contribution >= 0.6 is 0 Å². The van der Waals surface area contributed by atoms with Gasteiger partial charge in [0, 0.05) is 6.54 Å². The summed E-state index contributed by atoms with van der Waals surface area (Å²) in [5.74, 6) is -0.0991. The van der Waals surface area contributed by atoms with Gasteiger partial charge in [-0.05, 0) is 50.9 Å². The van der Waals surface area contributed by atoms with Crippen LogP contribution in [-0.2, 0) is 17.5 Å². The van der Waals surface area contributed by atoms with E-state index in [9.17, 15) is 18.0 Å². The molecule has 0 spiro atoms. The van der Waals surface area contributed by atoms with Gasteiger partial charge < -0.3 is 15.4 Å². The van der Waals surface area contributed by atoms with Gasteiger partial charge in [-0.2, -0.15) is 13.2 Å². The molecule has 1 fully saturated rings. The number of halogens is 3. The standard InChI is InChI=1S/C16H21F3N2O2/c1-10(2)23-12-6-5-11(13(8-12)16(17,18)19)9-21-15(22)14-4-3-7-20-14/h5-6,8,10,14,20H,3-4,7,9H2,1-2H3,(H,21,22). The molecule has 0 radical (unpaired) electrons. The number of carbonyl (C=O) groups is 1. The Morgan fingerprint density at radius 3 is 2.74 bits per heavy atom. The first-order chi connectivity index (χ1) is 10.8. The molecule has 0 saturated carbocycles. The molecule has 1 aromatic carbocycles. The van der Waals surface area contributed by atoms with Gasteiger partial charge >= 0.3 is 6.18 Å². The van der Waals surface area contributed by atoms with E-state index in [-0.39, 0.29) is 35.9 Å². The van der Waals surface area contributed by atoms with Crippen LogP contribution in [0, 0.1) is 0 Å². The molecule has 1 saturated heterocycles. The Labute approximate surface area is 133 Å². The molecule has 1 aliphatic rings. The van der Waals surface area contributed by atoms with Crippen molar-refractivity contribution in [2.75, 3.05) is 6.54 Å². The zero-order valence-corrected chi connectivity index (χ0v) is 13.2. The second-order valence-electron chi connectivity index (χ2n) is 5.85. The van der Waals surface area contributed by atoms with E-state index < -0.39 is 11.7 Å². The highest BCUT2D eigenvalue weighted by molar-refractivity contribution is 5.82. The van der Waals surface area contributed by atoms with Crippen LogP contribution in [0.2, 0.25) is 0 Å². The normalized spacial score (nSPS) is 18.3. The van der Waals surface area contributed by atoms with Crippen molar-refractivity contribution < 1.29 is 22.7 Å². The largest absolute Gasteiger partial charge is 0.491 e. The maximum atomic E-state index is 13.2. The number of alkyl halides is 3. The Kier molecular flexibility index (Phi) is 5.51. The van der Waals surface area contributed by atoms with E-state index in [2.05, 4.69) is 10.6 Å². The van der Waals surface area contributed by atoms with E-state index >= 15 is 0 Å². The number of rotatable bonds is 5. The molecule has 0 aromatic heterocycles. The molecule has 2 rings (SSSR count). The predicted molar refractivity (Wildman–Crippen MR) is 80.1 cm³/mol. The summed E-state index contributed by atoms with van der Waals surface area (Å²) in [6, 6.07) is 3.51. The molecule has 1 heterocycles. The molecule has 1 atom stereocenters. The number of carbonyl (C=O) groups excluding carboxylic acids is 1. The van der Waals surface area contributed by atoms with Crippen LogP contribution < -0.4 is 15.4 Å². The average Bonchev–Trinajstić information content (AvgIpc) is 2.98. The number of amides is 1. The number of hydrogen-bond acceptors (Lipinski definition) is 3. The molecule has 7 heteroatoms. The van der Waals surface area contributed by atoms with E-state index in [1.165, 1.54) is 12.1 Å². The summed E-state index contributed by atoms with van der Waals surface area (Å²) in [5, 5.41) is 5.59. The molecule has 1 amide bonds. The fourth-order valence-corrected chi connectivity index (χ4v) is 2.53. The van der Waals surface area contributed by atoms with E-state index in [1.54, 1.807) is 13.8 Å². The van der Waals surface area contributed by atoms with Crippen molar-refractivity contribution in [1.82, 2.24) is 10.6 Å². The third-order valence-electron chi connectivity index (χ3n) is 3.59. The van der Waals surface area contributed by atoms with Crippen LogP contribution in [0.1, 0.15) is 37.8 Å². The second-order valence-corrected chi connectivity index (χ2v) is 5.85. The van der Waals surface area contributed by atoms with Gasteiger partial charge in [0.1, 0.15) is 5.75 Å². The second kappa shape index (κ2) is 7.21. The molecule has 4 nitrogen and oxygen atoms in total. The summed E-state index contributed by atoms with van der Waals surface area (Å²) in [6.07, 6.45) is -3.11. The molecule has 2 N–H and O–H groups in total. The van der Waals surface area contributed by atoms with Crippen molar-refractivity contribution in [1.29, 1.82) is 0 Å². The van der Waals surface area contributed by atoms with E-state index in [4.69, 9.17) is 4.74 Å². The van der Waals surface area contributed by atoms with Crippen LogP contribution in [0.4, 0.5) is 13.2 Å². The van der Waals surface area contributed by atoms with Crippen molar-refractivity contribution in [2.45, 2.75) is 51.6 Å². The monoisotopic (exact) mass is 330 g/mol. The fraction of sp³-hybridized carbons (Fsp3) is 0.562. The first-order valence-electron chi connectivity index (χ1n) is 7.65. The van der Waals surface area contributed by atoms with Crippen molar-refractivity contribution in [3.8, 4) is 5.75 Å². The van der Waals surface area contributed by atoms with Gasteiger partial charge in [0.2, 0.25) is 5.91 Å². The first-order valence-corrected chi connectivity index (χ1v) is 7.65. The number of hydrogen-bond donors (Lipinski definition) is 2. The van der Waals surface area contributed by atoms with Crippen LogP contribution in [0.5, 0.6) is 5.75 Å². The van der Waals surface area contributed by atoms with Crippen molar-refractivity contribution >= 4 is 5.91 Å². The van der Waals surface area contributed by atoms with Crippen LogP contribution in [0.25, 0.3) is 0 Å². The van der Waals surface area contributed by atoms with Crippen LogP contribution in [0.3, 0.4) is 0 Å². The molecular formula is C16H21F3N2O2. The molecule has 1 unspecified atom stereocenters. The van der Waals surface area contributed by atoms with E-state index in [0.29, 0.717) is 6.42 Å². The summed E-state index contributed by atoms with van der Waals surface area (Å²) in [5.41, 5.74) is -0.754. The summed E-state index contributed by atoms with van der Waals surface area (Å²) >= 11 is 0. The lowest BCUT2D eigenvalue weighted by atomic mass is 10.1. The molecule has 128 valence electrons. The Balaban J connectivity index is 2.11. The first kappa shape index (κ1) is 17.6. The number of benzene rings is 1. The zero-order chi connectivity index (χ0) is 17.0. The summed E-state index contributed by atoms with van der Waals surface area (Å²) < 4.78 is 44.9. The lowest BCUT2D eigenvalue weighted by molar-refractivity contribution is -0.138. The highest BCUT2D eigenvalue weighted by Crippen LogP contribution is 2.34. The highest BCUT2D eigenvalue weighted by Gasteiger charge is 2.34. The van der Waals surface area contributed by atoms with E-state index in [0.717, 1.165) is 19.0 Å². The summed E-state index contributed by atoms with van der Waals surface area (Å²) in [4.78, 5) is 11.9. The molecule has 1 aliphatic heterocycles. The van der Waals surface area contributed by atoms with Gasteiger partial charge in [-0.15, -0.1) is 0 Å². The molecule has 0 aliphatic carbocycles. The third kappa shape index (κ3) is 4.86. The van der Waals surface area contributed by atoms with Gasteiger partial charge in [-0.1, -0.05) is 6.07 Å². The molecular weight excluding hydrogens is 309 g/mol. The Bertz CT molecular complexity index is 553. The van der Waals surface area contributed by atoms with Crippen molar-refractivity contribution in [3.05, 3.63) is 29.3 Å². The molecule has 23 heavy (non-hydrogen) atoms. The van der Waals surface area contributed by atoms with Gasteiger partial charge in [-0.25, -0.2) is 0 Å². The van der Waals surface area contributed by atoms with Crippen molar-refractivity contribution in [2.24, 2.45) is 0 Å². The highest BCUT2D eigenvalue weighted by atomic mass is 19.4. The fourth-order valence-electron chi connectivity index (χ4n) is 2.53. The minimum atomic E-state index is -4.50. The maximum Gasteiger partial charge on any atom is 0.416 e. The third-order valence-corrected chi connectivity index (χ3v) is 3.59. The van der Waals surface area contributed by atoms with Gasteiger partial charge in [0.05, 0.1) is 17.7 Å². The lowest BCUT2D eigenvalue weighted by Crippen LogP contribution is -2.40. The SMILES string of the molecule is CC(C)Oc1ccc(CNC(=O)C2CCCN2)c(C(F)(F)F)c1. The number of ether oxygens (including phenoxy) is 1. The zero-order valence-electron chi connectivity index (χ0n) is 13.2. The minimum absolute atomic E-state index is 0.0277. The summed E-state index contributed by atoms with van der Waals surface area (Å²) in [7, 11) is 0. The average molecular weight is 330 g/mol. The Morgan fingerprint density at radius 2 is 2.17 bits per heavy atom. The summed E-state index contributed by atoms with van der Waals surface area (Å²) in [6.45, 7) is 4.09. The number of nitrogens with one attached hydrogen (secondary N) is 2. The quantitative estimate of drug-likeness (QED) is 0.873. The van der Waals surface area contributed by atoms with Gasteiger partial charge in [-0.3, -0.25) is 4.79 Å². The lowest BCUT2D eigenvalue weighted by Gasteiger charge is -2.17. The Hall–Kier alpha value is -1.76. The Morgan fingerprint density at radius 1 is 1.43 bits per heavy atom. The van der Waals surface area contributed by atoms with Crippen LogP contribution in [-0.4, -0.2) is 24.6 Å². The van der Waals surface area contributed by atoms with Gasteiger partial charge in [0.15, 0.2) is 0 Å². The molecule has 1 aromatic rings. The van der Waals surface area contributed by atoms with Gasteiger partial charge in [0.25, 0.3) is 0 Å². The minimum Gasteiger partial charge on any atom is -0.491 e. The van der Waals surface area contributed by atoms with E-state index in [1.807, 2.05) is 0 Å². The maximum absolute atomic E-state index is 13.2. The molecule has 0 bridgehead atoms. The topological polar surface area (TPSA) is 50.4 Å². The van der Waals surface area contributed by atoms with Crippen LogP contribution in [0.15, 0.2) is 18.2 Å². The van der Waals surface area contributed by atoms with Crippen molar-refractivity contribution in [3.63, 3.8) is 0 Å². The predicted octanol–water partition coefficient (Wildman–Crippen LogP) is 2.86.